The molecule has 8 heavy (non-hydrogen) atoms. The topological polar surface area (TPSA) is 47.5 Å². The van der Waals surface area contributed by atoms with Crippen LogP contribution in [0.2, 0.25) is 0 Å². The van der Waals surface area contributed by atoms with Gasteiger partial charge in [-0.15, -0.1) is 0 Å². The predicted molar refractivity (Wildman–Crippen MR) is 29.5 cm³/mol. The summed E-state index contributed by atoms with van der Waals surface area (Å²) in [6.07, 6.45) is -0.398. The number of hydrogen-bond donors (Lipinski definition) is 3. The average Bonchev–Trinajstić information content (AvgIpc) is 2.12. The van der Waals surface area contributed by atoms with Gasteiger partial charge >= 0.3 is 0 Å². The lowest BCUT2D eigenvalue weighted by molar-refractivity contribution is -0.00113. The highest BCUT2D eigenvalue weighted by Crippen LogP contribution is 1.90. The lowest BCUT2D eigenvalue weighted by atomic mass is 10.6. The number of hydrogen-bond acceptors (Lipinski definition) is 4. The Labute approximate surface area is 48.4 Å². The van der Waals surface area contributed by atoms with Crippen molar-refractivity contribution in [3.8, 4) is 0 Å². The summed E-state index contributed by atoms with van der Waals surface area (Å²) in [5.41, 5.74) is 5.66. The Morgan fingerprint density at radius 2 is 2.50 bits per heavy atom. The Bertz CT molecular complexity index is 69.7. The summed E-state index contributed by atoms with van der Waals surface area (Å²) < 4.78 is 0. The van der Waals surface area contributed by atoms with Crippen LogP contribution in [0.3, 0.4) is 0 Å². The second kappa shape index (κ2) is 2.41. The minimum atomic E-state index is -0.398. The first-order chi connectivity index (χ1) is 3.80. The van der Waals surface area contributed by atoms with Crippen molar-refractivity contribution in [2.45, 2.75) is 13.2 Å². The number of aliphatic hydroxyl groups excluding tert-OH is 1. The maximum absolute atomic E-state index is 8.88. The molecule has 0 aromatic carbocycles. The SMILES string of the molecule is CC(O)N1CCNN1. The van der Waals surface area contributed by atoms with Gasteiger partial charge < -0.3 is 5.11 Å². The van der Waals surface area contributed by atoms with E-state index in [2.05, 4.69) is 11.0 Å². The lowest BCUT2D eigenvalue weighted by Gasteiger charge is -2.16. The molecule has 48 valence electrons. The number of hydrazine groups is 2. The summed E-state index contributed by atoms with van der Waals surface area (Å²) in [7, 11) is 0. The lowest BCUT2D eigenvalue weighted by Crippen LogP contribution is -2.41. The summed E-state index contributed by atoms with van der Waals surface area (Å²) in [6, 6.07) is 0. The van der Waals surface area contributed by atoms with E-state index >= 15 is 0 Å². The molecule has 0 amide bonds. The number of nitrogens with one attached hydrogen (secondary N) is 2. The Kier molecular flexibility index (Phi) is 1.80. The van der Waals surface area contributed by atoms with Crippen molar-refractivity contribution >= 4 is 0 Å². The Hall–Kier alpha value is -0.160. The molecular formula is C4H11N3O. The van der Waals surface area contributed by atoms with E-state index in [9.17, 15) is 0 Å². The van der Waals surface area contributed by atoms with Crippen LogP contribution in [-0.4, -0.2) is 29.4 Å². The summed E-state index contributed by atoms with van der Waals surface area (Å²) in [5.74, 6) is 0. The van der Waals surface area contributed by atoms with E-state index in [1.807, 2.05) is 0 Å². The van der Waals surface area contributed by atoms with Gasteiger partial charge in [-0.05, 0) is 6.92 Å². The van der Waals surface area contributed by atoms with E-state index in [1.54, 1.807) is 11.9 Å². The number of aliphatic hydroxyl groups is 1. The number of nitrogens with zero attached hydrogens (tertiary/aromatic N) is 1. The molecule has 1 aliphatic heterocycles. The summed E-state index contributed by atoms with van der Waals surface area (Å²) in [5, 5.41) is 10.6. The van der Waals surface area contributed by atoms with Crippen molar-refractivity contribution in [1.82, 2.24) is 16.0 Å². The van der Waals surface area contributed by atoms with E-state index in [-0.39, 0.29) is 0 Å². The maximum atomic E-state index is 8.88. The molecule has 1 rings (SSSR count). The van der Waals surface area contributed by atoms with Gasteiger partial charge in [0.2, 0.25) is 0 Å². The first kappa shape index (κ1) is 5.97. The zero-order valence-corrected chi connectivity index (χ0v) is 4.89. The minimum absolute atomic E-state index is 0.398. The highest BCUT2D eigenvalue weighted by molar-refractivity contribution is 4.57. The van der Waals surface area contributed by atoms with Crippen LogP contribution in [0.5, 0.6) is 0 Å². The zero-order valence-electron chi connectivity index (χ0n) is 4.89. The molecule has 3 N–H and O–H groups in total. The Morgan fingerprint density at radius 3 is 2.75 bits per heavy atom. The van der Waals surface area contributed by atoms with Crippen LogP contribution in [-0.2, 0) is 0 Å². The molecule has 1 aliphatic rings. The zero-order chi connectivity index (χ0) is 5.98. The van der Waals surface area contributed by atoms with Gasteiger partial charge in [0.25, 0.3) is 0 Å². The van der Waals surface area contributed by atoms with Gasteiger partial charge in [0, 0.05) is 13.1 Å². The molecular weight excluding hydrogens is 106 g/mol. The molecule has 0 aliphatic carbocycles. The molecule has 0 bridgehead atoms. The first-order valence-corrected chi connectivity index (χ1v) is 2.74. The molecule has 1 saturated heterocycles. The molecule has 0 saturated carbocycles. The molecule has 1 fully saturated rings. The molecule has 0 radical (unpaired) electrons. The van der Waals surface area contributed by atoms with Gasteiger partial charge in [0.1, 0.15) is 6.23 Å². The molecule has 0 spiro atoms. The van der Waals surface area contributed by atoms with Crippen molar-refractivity contribution < 1.29 is 5.11 Å². The Balaban J connectivity index is 2.24. The fraction of sp³-hybridized carbons (Fsp3) is 1.00. The highest BCUT2D eigenvalue weighted by atomic mass is 16.3. The van der Waals surface area contributed by atoms with Gasteiger partial charge in [-0.1, -0.05) is 0 Å². The third kappa shape index (κ3) is 1.16. The molecule has 0 aromatic rings. The third-order valence-electron chi connectivity index (χ3n) is 1.15. The van der Waals surface area contributed by atoms with Crippen molar-refractivity contribution in [2.75, 3.05) is 13.1 Å². The van der Waals surface area contributed by atoms with Crippen molar-refractivity contribution in [3.63, 3.8) is 0 Å². The van der Waals surface area contributed by atoms with E-state index in [0.717, 1.165) is 13.1 Å². The van der Waals surface area contributed by atoms with Gasteiger partial charge in [-0.2, -0.15) is 5.53 Å². The van der Waals surface area contributed by atoms with Gasteiger partial charge in [0.15, 0.2) is 0 Å². The average molecular weight is 117 g/mol. The molecule has 4 heteroatoms. The fourth-order valence-electron chi connectivity index (χ4n) is 0.670. The molecule has 1 heterocycles. The van der Waals surface area contributed by atoms with E-state index in [4.69, 9.17) is 5.11 Å². The van der Waals surface area contributed by atoms with E-state index in [1.165, 1.54) is 0 Å². The molecule has 1 atom stereocenters. The van der Waals surface area contributed by atoms with Crippen LogP contribution in [0.15, 0.2) is 0 Å². The second-order valence-corrected chi connectivity index (χ2v) is 1.86. The summed E-state index contributed by atoms with van der Waals surface area (Å²) in [6.45, 7) is 3.47. The molecule has 1 unspecified atom stereocenters. The van der Waals surface area contributed by atoms with Crippen molar-refractivity contribution in [2.24, 2.45) is 0 Å². The predicted octanol–water partition coefficient (Wildman–Crippen LogP) is -1.35. The van der Waals surface area contributed by atoms with Gasteiger partial charge in [-0.25, -0.2) is 10.4 Å². The minimum Gasteiger partial charge on any atom is -0.377 e. The summed E-state index contributed by atoms with van der Waals surface area (Å²) in [4.78, 5) is 0. The monoisotopic (exact) mass is 117 g/mol. The third-order valence-corrected chi connectivity index (χ3v) is 1.15. The summed E-state index contributed by atoms with van der Waals surface area (Å²) >= 11 is 0. The largest absolute Gasteiger partial charge is 0.377 e. The highest BCUT2D eigenvalue weighted by Gasteiger charge is 2.13. The standard InChI is InChI=1S/C4H11N3O/c1-4(8)7-3-2-5-6-7/h4-6,8H,2-3H2,1H3. The van der Waals surface area contributed by atoms with Crippen LogP contribution in [0.25, 0.3) is 0 Å². The molecule has 4 nitrogen and oxygen atoms in total. The fourth-order valence-corrected chi connectivity index (χ4v) is 0.670. The molecule has 0 aromatic heterocycles. The normalized spacial score (nSPS) is 26.2. The van der Waals surface area contributed by atoms with Crippen LogP contribution >= 0.6 is 0 Å². The smallest absolute Gasteiger partial charge is 0.118 e. The van der Waals surface area contributed by atoms with Crippen LogP contribution in [0.4, 0.5) is 0 Å². The number of rotatable bonds is 1. The second-order valence-electron chi connectivity index (χ2n) is 1.86. The van der Waals surface area contributed by atoms with Gasteiger partial charge in [0.05, 0.1) is 0 Å². The quantitative estimate of drug-likeness (QED) is 0.397. The Morgan fingerprint density at radius 1 is 1.75 bits per heavy atom. The van der Waals surface area contributed by atoms with Crippen molar-refractivity contribution in [3.05, 3.63) is 0 Å². The maximum Gasteiger partial charge on any atom is 0.118 e. The van der Waals surface area contributed by atoms with E-state index in [0.29, 0.717) is 0 Å². The van der Waals surface area contributed by atoms with Crippen LogP contribution < -0.4 is 11.0 Å². The van der Waals surface area contributed by atoms with Crippen LogP contribution in [0, 0.1) is 0 Å². The van der Waals surface area contributed by atoms with Crippen molar-refractivity contribution in [1.29, 1.82) is 0 Å². The van der Waals surface area contributed by atoms with E-state index < -0.39 is 6.23 Å². The first-order valence-electron chi connectivity index (χ1n) is 2.74. The van der Waals surface area contributed by atoms with Crippen LogP contribution in [0.1, 0.15) is 6.92 Å². The van der Waals surface area contributed by atoms with Gasteiger partial charge in [-0.3, -0.25) is 0 Å².